The number of nitrogen functional groups attached to an aromatic ring is 1. The number of Topliss-reactive ketones (excluding diaryl/α,β-unsaturated/α-hetero) is 2. The summed E-state index contributed by atoms with van der Waals surface area (Å²) in [5.74, 6) is 0.727. The molecule has 2 saturated heterocycles. The third kappa shape index (κ3) is 32.1. The van der Waals surface area contributed by atoms with E-state index in [1.54, 1.807) is 0 Å². The number of carbonyl (C=O) groups excluding carboxylic acids is 6. The van der Waals surface area contributed by atoms with E-state index in [1.807, 2.05) is 13.8 Å². The molecule has 1 aromatic heterocycles. The highest BCUT2D eigenvalue weighted by Gasteiger charge is 2.49. The quantitative estimate of drug-likeness (QED) is 0.0255. The first kappa shape index (κ1) is 74.6. The minimum Gasteiger partial charge on any atom is -0.386 e. The number of hydrogen-bond acceptors (Lipinski definition) is 23. The smallest absolute Gasteiger partial charge is 0.386 e. The lowest BCUT2D eigenvalue weighted by molar-refractivity contribution is -0.129. The Morgan fingerprint density at radius 2 is 1.41 bits per heavy atom. The monoisotopic (exact) mass is 1300 g/mol. The molecule has 0 aliphatic carbocycles. The number of aromatic nitrogens is 2. The van der Waals surface area contributed by atoms with Gasteiger partial charge in [0, 0.05) is 100 Å². The Kier molecular flexibility index (Phi) is 34.7. The second kappa shape index (κ2) is 40.0. The summed E-state index contributed by atoms with van der Waals surface area (Å²) in [6.45, 7) is 6.37. The van der Waals surface area contributed by atoms with E-state index in [4.69, 9.17) is 39.2 Å². The number of aliphatic hydroxyl groups excluding tert-OH is 1. The van der Waals surface area contributed by atoms with Crippen LogP contribution in [0.2, 0.25) is 0 Å². The number of nitrogens with two attached hydrogens (primary N) is 1. The molecule has 4 rings (SSSR count). The van der Waals surface area contributed by atoms with Crippen molar-refractivity contribution in [3.63, 3.8) is 0 Å². The Labute approximate surface area is 508 Å². The summed E-state index contributed by atoms with van der Waals surface area (Å²) in [7, 11) is -7.48. The molecule has 0 spiro atoms. The number of hydrogen-bond donors (Lipinski definition) is 10. The van der Waals surface area contributed by atoms with Crippen molar-refractivity contribution in [1.29, 1.82) is 0 Å². The first-order valence-electron chi connectivity index (χ1n) is 29.2. The van der Waals surface area contributed by atoms with Crippen molar-refractivity contribution in [2.24, 2.45) is 16.1 Å². The van der Waals surface area contributed by atoms with E-state index in [0.717, 1.165) is 30.3 Å². The maximum atomic E-state index is 13.6. The van der Waals surface area contributed by atoms with Crippen molar-refractivity contribution < 1.29 is 95.3 Å². The van der Waals surface area contributed by atoms with Gasteiger partial charge in [-0.25, -0.2) is 13.9 Å². The molecule has 1 aromatic rings. The first-order chi connectivity index (χ1) is 40.9. The summed E-state index contributed by atoms with van der Waals surface area (Å²) in [6, 6.07) is -0.681. The van der Waals surface area contributed by atoms with Gasteiger partial charge in [-0.3, -0.25) is 42.4 Å². The predicted octanol–water partition coefficient (Wildman–Crippen LogP) is 2.86. The predicted molar refractivity (Wildman–Crippen MR) is 315 cm³/mol. The number of ketones is 2. The first-order valence-corrected chi connectivity index (χ1v) is 34.8. The van der Waals surface area contributed by atoms with Crippen LogP contribution in [-0.2, 0) is 77.0 Å². The van der Waals surface area contributed by atoms with Gasteiger partial charge in [-0.2, -0.15) is 15.2 Å². The highest BCUT2D eigenvalue weighted by molar-refractivity contribution is 8.76. The van der Waals surface area contributed by atoms with Gasteiger partial charge in [0.25, 0.3) is 0 Å². The van der Waals surface area contributed by atoms with E-state index in [0.29, 0.717) is 134 Å². The number of phosphoric acid groups is 2. The number of anilines is 1. The van der Waals surface area contributed by atoms with Crippen LogP contribution >= 0.6 is 37.2 Å². The Bertz CT molecular complexity index is 2470. The third-order valence-corrected chi connectivity index (χ3v) is 17.5. The molecule has 11 N–H and O–H groups in total. The van der Waals surface area contributed by atoms with E-state index in [1.165, 1.54) is 27.8 Å². The summed E-state index contributed by atoms with van der Waals surface area (Å²) >= 11 is 0. The Balaban J connectivity index is 1.09. The van der Waals surface area contributed by atoms with Crippen molar-refractivity contribution in [2.45, 2.75) is 178 Å². The summed E-state index contributed by atoms with van der Waals surface area (Å²) in [4.78, 5) is 129. The highest BCUT2D eigenvalue weighted by atomic mass is 33.1. The van der Waals surface area contributed by atoms with Crippen LogP contribution in [0.25, 0.3) is 0 Å². The van der Waals surface area contributed by atoms with E-state index < -0.39 is 70.1 Å². The van der Waals surface area contributed by atoms with Crippen LogP contribution < -0.4 is 32.7 Å². The summed E-state index contributed by atoms with van der Waals surface area (Å²) in [6.07, 6.45) is 3.94. The molecule has 1 unspecified atom stereocenters. The van der Waals surface area contributed by atoms with Crippen molar-refractivity contribution in [3.8, 4) is 0 Å². The van der Waals surface area contributed by atoms with Gasteiger partial charge in [0.05, 0.1) is 52.9 Å². The van der Waals surface area contributed by atoms with Crippen LogP contribution in [0.4, 0.5) is 5.82 Å². The maximum absolute atomic E-state index is 13.6. The second-order valence-corrected chi connectivity index (χ2v) is 26.5. The van der Waals surface area contributed by atoms with Gasteiger partial charge < -0.3 is 75.4 Å². The number of phosphoric ester groups is 2. The molecule has 34 heteroatoms. The molecule has 0 bridgehead atoms. The van der Waals surface area contributed by atoms with Gasteiger partial charge >= 0.3 is 21.3 Å². The zero-order valence-electron chi connectivity index (χ0n) is 49.1. The fourth-order valence-corrected chi connectivity index (χ4v) is 12.0. The van der Waals surface area contributed by atoms with E-state index >= 15 is 0 Å². The number of rotatable bonds is 50. The molecule has 3 aliphatic heterocycles. The van der Waals surface area contributed by atoms with Crippen LogP contribution in [0, 0.1) is 5.92 Å². The topological polar surface area (TPSA) is 436 Å². The zero-order chi connectivity index (χ0) is 63.0. The second-order valence-electron chi connectivity index (χ2n) is 21.3. The molecule has 30 nitrogen and oxygen atoms in total. The number of unbranched alkanes of at least 4 members (excludes halogenated alkanes) is 4. The number of nitrogens with one attached hydrogen (secondary N) is 4. The summed E-state index contributed by atoms with van der Waals surface area (Å²) in [5, 5.41) is 30.2. The fourth-order valence-electron chi connectivity index (χ4n) is 9.22. The van der Waals surface area contributed by atoms with Gasteiger partial charge in [-0.05, 0) is 64.7 Å². The van der Waals surface area contributed by atoms with Gasteiger partial charge in [-0.15, -0.1) is 0 Å². The minimum absolute atomic E-state index is 0.0200. The molecule has 4 heterocycles. The largest absolute Gasteiger partial charge is 0.470 e. The van der Waals surface area contributed by atoms with Crippen molar-refractivity contribution in [2.75, 3.05) is 89.8 Å². The van der Waals surface area contributed by atoms with Gasteiger partial charge in [-0.1, -0.05) is 47.3 Å². The van der Waals surface area contributed by atoms with Crippen molar-refractivity contribution in [3.05, 3.63) is 22.2 Å². The lowest BCUT2D eigenvalue weighted by Crippen LogP contribution is -2.47. The van der Waals surface area contributed by atoms with E-state index in [9.17, 15) is 57.6 Å². The number of nitrogens with zero attached hydrogens (tertiary/aromatic N) is 4. The summed E-state index contributed by atoms with van der Waals surface area (Å²) < 4.78 is 60.6. The molecule has 3 aliphatic rings. The van der Waals surface area contributed by atoms with E-state index in [-0.39, 0.29) is 92.0 Å². The van der Waals surface area contributed by atoms with Gasteiger partial charge in [0.15, 0.2) is 11.9 Å². The van der Waals surface area contributed by atoms with Crippen LogP contribution in [0.3, 0.4) is 0 Å². The molecule has 490 valence electrons. The zero-order valence-corrected chi connectivity index (χ0v) is 52.5. The average molecular weight is 1300 g/mol. The highest BCUT2D eigenvalue weighted by Crippen LogP contribution is 2.45. The standard InChI is InChI=1S/C52H89N9O21P2S2/c1-36-37(33-45(66)56-36)11-5-3-6-13-39(62)15-10-23-76-25-27-78-29-30-79-28-26-77-24-18-40(63)14-7-4-8-16-41(57-44(65)19-31-85-86-32-22-54-43(64)17-20-52(2)59-60-52)49(68)55-21-9-12-38-34-61(51(69)58-48(38)53)50-46(67)47(82-84(73,74)75)42(81-50)35-80-83(70,71)72/h34,36-37,41-42,46-47,50,67H,3-33,35H2,1-2H3,(H,54,64)(H,55,68)(H,56,66)(H,57,65)(H2,53,58,69)(H2,70,71,72)(H2,73,74,75)/t36-,37-,41-,42+,46?,47-,50+/m0/s1. The molecule has 7 atom stereocenters. The number of aryl methyl sites for hydroxylation is 1. The van der Waals surface area contributed by atoms with E-state index in [2.05, 4.69) is 45.5 Å². The fraction of sp³-hybridized carbons (Fsp3) is 0.808. The lowest BCUT2D eigenvalue weighted by atomic mass is 9.94. The average Bonchev–Trinajstić information content (AvgIpc) is 1.94. The normalized spacial score (nSPS) is 20.2. The van der Waals surface area contributed by atoms with Crippen molar-refractivity contribution >= 4 is 78.2 Å². The molecule has 0 radical (unpaired) electrons. The molecule has 86 heavy (non-hydrogen) atoms. The number of aliphatic hydroxyl groups is 1. The Morgan fingerprint density at radius 3 is 2.05 bits per heavy atom. The van der Waals surface area contributed by atoms with Crippen molar-refractivity contribution in [1.82, 2.24) is 30.8 Å². The molecular weight excluding hydrogens is 1210 g/mol. The minimum atomic E-state index is -5.31. The van der Waals surface area contributed by atoms with Crippen LogP contribution in [0.15, 0.2) is 21.2 Å². The molecule has 0 aromatic carbocycles. The van der Waals surface area contributed by atoms with Crippen LogP contribution in [0.1, 0.15) is 141 Å². The van der Waals surface area contributed by atoms with Crippen LogP contribution in [-0.4, -0.2) is 190 Å². The van der Waals surface area contributed by atoms with Gasteiger partial charge in [0.1, 0.15) is 41.7 Å². The number of ether oxygens (including phenoxy) is 5. The Hall–Kier alpha value is -3.82. The molecular formula is C52H89N9O21P2S2. The SMILES string of the molecule is C[C@@H]1NC(=O)C[C@@H]1CCCCCC(=O)CCCOCCOCCOCCOCCC(=O)CCCCC[C@H](NC(=O)CCSSCCNC(=O)CCC1(C)N=N1)C(=O)NCCCc1cn([C@@H]2O[C@H](COP(=O)(O)O)[C@H](OP(=O)(O)O)C2O)c(=O)nc1N. The molecule has 0 saturated carbocycles. The molecule has 2 fully saturated rings. The summed E-state index contributed by atoms with van der Waals surface area (Å²) in [5.41, 5.74) is 4.79. The number of amides is 4. The molecule has 4 amide bonds. The lowest BCUT2D eigenvalue weighted by Gasteiger charge is -2.21. The van der Waals surface area contributed by atoms with Gasteiger partial charge in [0.2, 0.25) is 23.6 Å². The number of carbonyl (C=O) groups is 6. The Morgan fingerprint density at radius 1 is 0.779 bits per heavy atom. The maximum Gasteiger partial charge on any atom is 0.470 e. The third-order valence-electron chi connectivity index (χ3n) is 14.1. The van der Waals surface area contributed by atoms with Crippen LogP contribution in [0.5, 0.6) is 0 Å².